The second kappa shape index (κ2) is 9.60. The summed E-state index contributed by atoms with van der Waals surface area (Å²) in [5.74, 6) is -3.24. The van der Waals surface area contributed by atoms with Crippen molar-refractivity contribution in [1.82, 2.24) is 0 Å². The highest BCUT2D eigenvalue weighted by Crippen LogP contribution is 2.20. The lowest BCUT2D eigenvalue weighted by Crippen LogP contribution is -2.22. The van der Waals surface area contributed by atoms with E-state index in [4.69, 9.17) is 0 Å². The number of halogens is 3. The van der Waals surface area contributed by atoms with Gasteiger partial charge in [-0.1, -0.05) is 30.3 Å². The molecule has 2 amide bonds. The summed E-state index contributed by atoms with van der Waals surface area (Å²) in [6.45, 7) is -0.250. The topological polar surface area (TPSA) is 70.2 Å². The highest BCUT2D eigenvalue weighted by Gasteiger charge is 2.11. The zero-order valence-corrected chi connectivity index (χ0v) is 15.7. The van der Waals surface area contributed by atoms with E-state index in [-0.39, 0.29) is 30.2 Å². The molecule has 3 rings (SSSR count). The summed E-state index contributed by atoms with van der Waals surface area (Å²) in [7, 11) is 0. The van der Waals surface area contributed by atoms with Gasteiger partial charge in [0, 0.05) is 11.8 Å². The van der Waals surface area contributed by atoms with Gasteiger partial charge in [-0.15, -0.1) is 0 Å². The molecule has 0 radical (unpaired) electrons. The lowest BCUT2D eigenvalue weighted by molar-refractivity contribution is -0.116. The smallest absolute Gasteiger partial charge is 0.243 e. The van der Waals surface area contributed by atoms with Crippen LogP contribution in [0.5, 0.6) is 0 Å². The van der Waals surface area contributed by atoms with E-state index < -0.39 is 23.4 Å². The molecule has 0 atom stereocenters. The summed E-state index contributed by atoms with van der Waals surface area (Å²) < 4.78 is 40.5. The Bertz CT molecular complexity index is 1060. The number of amides is 2. The van der Waals surface area contributed by atoms with Crippen LogP contribution in [-0.2, 0) is 16.0 Å². The van der Waals surface area contributed by atoms with Gasteiger partial charge < -0.3 is 16.0 Å². The zero-order chi connectivity index (χ0) is 21.5. The Morgan fingerprint density at radius 1 is 0.733 bits per heavy atom. The van der Waals surface area contributed by atoms with E-state index >= 15 is 0 Å². The van der Waals surface area contributed by atoms with Crippen LogP contribution in [0, 0.1) is 17.5 Å². The van der Waals surface area contributed by atoms with E-state index in [2.05, 4.69) is 16.0 Å². The highest BCUT2D eigenvalue weighted by atomic mass is 19.1. The molecule has 3 aromatic rings. The summed E-state index contributed by atoms with van der Waals surface area (Å²) in [5.41, 5.74) is 0.970. The Labute approximate surface area is 170 Å². The number of anilines is 3. The fraction of sp³-hybridized carbons (Fsp3) is 0.0909. The second-order valence-electron chi connectivity index (χ2n) is 6.43. The average molecular weight is 413 g/mol. The van der Waals surface area contributed by atoms with Gasteiger partial charge in [-0.05, 0) is 35.9 Å². The van der Waals surface area contributed by atoms with Crippen molar-refractivity contribution < 1.29 is 22.8 Å². The Balaban J connectivity index is 1.57. The molecule has 30 heavy (non-hydrogen) atoms. The molecule has 0 aliphatic heterocycles. The molecule has 0 aromatic heterocycles. The van der Waals surface area contributed by atoms with Crippen molar-refractivity contribution in [2.24, 2.45) is 0 Å². The number of benzene rings is 3. The van der Waals surface area contributed by atoms with Crippen LogP contribution in [0.2, 0.25) is 0 Å². The molecular weight excluding hydrogens is 395 g/mol. The molecule has 0 spiro atoms. The van der Waals surface area contributed by atoms with Gasteiger partial charge in [0.05, 0.1) is 24.3 Å². The minimum Gasteiger partial charge on any atom is -0.376 e. The first-order valence-corrected chi connectivity index (χ1v) is 9.03. The monoisotopic (exact) mass is 413 g/mol. The normalized spacial score (nSPS) is 10.4. The first-order chi connectivity index (χ1) is 14.4. The zero-order valence-electron chi connectivity index (χ0n) is 15.7. The second-order valence-corrected chi connectivity index (χ2v) is 6.43. The van der Waals surface area contributed by atoms with Crippen molar-refractivity contribution in [3.05, 3.63) is 89.7 Å². The van der Waals surface area contributed by atoms with Gasteiger partial charge in [0.15, 0.2) is 0 Å². The molecule has 0 aliphatic carbocycles. The summed E-state index contributed by atoms with van der Waals surface area (Å²) in [5, 5.41) is 7.57. The van der Waals surface area contributed by atoms with Crippen molar-refractivity contribution in [3.8, 4) is 0 Å². The van der Waals surface area contributed by atoms with Crippen molar-refractivity contribution >= 4 is 28.9 Å². The van der Waals surface area contributed by atoms with Gasteiger partial charge in [-0.3, -0.25) is 9.59 Å². The molecule has 8 heteroatoms. The third-order valence-electron chi connectivity index (χ3n) is 4.11. The van der Waals surface area contributed by atoms with Gasteiger partial charge in [0.2, 0.25) is 11.8 Å². The van der Waals surface area contributed by atoms with Gasteiger partial charge in [0.1, 0.15) is 17.5 Å². The molecule has 0 saturated heterocycles. The van der Waals surface area contributed by atoms with Crippen LogP contribution in [0.3, 0.4) is 0 Å². The quantitative estimate of drug-likeness (QED) is 0.540. The van der Waals surface area contributed by atoms with Crippen LogP contribution in [0.15, 0.2) is 66.7 Å². The Morgan fingerprint density at radius 2 is 1.47 bits per heavy atom. The SMILES string of the molecule is O=C(CNc1ccc(F)c(NC(=O)Cc2ccccc2)c1)Nc1ccc(F)cc1F. The van der Waals surface area contributed by atoms with Crippen molar-refractivity contribution in [2.45, 2.75) is 6.42 Å². The number of hydrogen-bond acceptors (Lipinski definition) is 3. The van der Waals surface area contributed by atoms with E-state index in [9.17, 15) is 22.8 Å². The number of rotatable bonds is 7. The Hall–Kier alpha value is -3.81. The standard InChI is InChI=1S/C22H18F3N3O2/c23-15-6-9-19(18(25)11-15)27-22(30)13-26-16-7-8-17(24)20(12-16)28-21(29)10-14-4-2-1-3-5-14/h1-9,11-12,26H,10,13H2,(H,27,30)(H,28,29). The van der Waals surface area contributed by atoms with E-state index in [1.807, 2.05) is 6.07 Å². The minimum atomic E-state index is -0.895. The summed E-state index contributed by atoms with van der Waals surface area (Å²) in [4.78, 5) is 24.1. The van der Waals surface area contributed by atoms with Crippen molar-refractivity contribution in [1.29, 1.82) is 0 Å². The summed E-state index contributed by atoms with van der Waals surface area (Å²) in [6, 6.07) is 15.7. The van der Waals surface area contributed by atoms with E-state index in [0.29, 0.717) is 11.8 Å². The van der Waals surface area contributed by atoms with Crippen LogP contribution in [0.25, 0.3) is 0 Å². The van der Waals surface area contributed by atoms with Gasteiger partial charge >= 0.3 is 0 Å². The molecular formula is C22H18F3N3O2. The number of carbonyl (C=O) groups is 2. The molecule has 0 heterocycles. The molecule has 0 unspecified atom stereocenters. The first-order valence-electron chi connectivity index (χ1n) is 9.03. The molecule has 3 aromatic carbocycles. The van der Waals surface area contributed by atoms with Crippen LogP contribution < -0.4 is 16.0 Å². The van der Waals surface area contributed by atoms with Crippen molar-refractivity contribution in [2.75, 3.05) is 22.5 Å². The Kier molecular flexibility index (Phi) is 6.69. The molecule has 154 valence electrons. The van der Waals surface area contributed by atoms with E-state index in [1.165, 1.54) is 12.1 Å². The van der Waals surface area contributed by atoms with Crippen LogP contribution in [-0.4, -0.2) is 18.4 Å². The fourth-order valence-corrected chi connectivity index (χ4v) is 2.67. The molecule has 5 nitrogen and oxygen atoms in total. The number of carbonyl (C=O) groups excluding carboxylic acids is 2. The van der Waals surface area contributed by atoms with Gasteiger partial charge in [-0.2, -0.15) is 0 Å². The maximum absolute atomic E-state index is 14.0. The Morgan fingerprint density at radius 3 is 2.20 bits per heavy atom. The number of nitrogens with one attached hydrogen (secondary N) is 3. The lowest BCUT2D eigenvalue weighted by atomic mass is 10.1. The lowest BCUT2D eigenvalue weighted by Gasteiger charge is -2.11. The number of hydrogen-bond donors (Lipinski definition) is 3. The van der Waals surface area contributed by atoms with E-state index in [1.54, 1.807) is 24.3 Å². The summed E-state index contributed by atoms with van der Waals surface area (Å²) in [6.07, 6.45) is 0.0869. The third-order valence-corrected chi connectivity index (χ3v) is 4.11. The molecule has 0 saturated carbocycles. The van der Waals surface area contributed by atoms with Crippen LogP contribution in [0.4, 0.5) is 30.2 Å². The summed E-state index contributed by atoms with van der Waals surface area (Å²) >= 11 is 0. The highest BCUT2D eigenvalue weighted by molar-refractivity contribution is 5.95. The maximum atomic E-state index is 14.0. The molecule has 3 N–H and O–H groups in total. The molecule has 0 bridgehead atoms. The van der Waals surface area contributed by atoms with E-state index in [0.717, 1.165) is 23.8 Å². The molecule has 0 aliphatic rings. The van der Waals surface area contributed by atoms with Crippen LogP contribution >= 0.6 is 0 Å². The fourth-order valence-electron chi connectivity index (χ4n) is 2.67. The maximum Gasteiger partial charge on any atom is 0.243 e. The largest absolute Gasteiger partial charge is 0.376 e. The predicted molar refractivity (Wildman–Crippen MR) is 109 cm³/mol. The minimum absolute atomic E-state index is 0.0362. The third kappa shape index (κ3) is 5.84. The van der Waals surface area contributed by atoms with Crippen molar-refractivity contribution in [3.63, 3.8) is 0 Å². The predicted octanol–water partition coefficient (Wildman–Crippen LogP) is 4.34. The van der Waals surface area contributed by atoms with Gasteiger partial charge in [-0.25, -0.2) is 13.2 Å². The van der Waals surface area contributed by atoms with Crippen LogP contribution in [0.1, 0.15) is 5.56 Å². The first kappa shape index (κ1) is 20.9. The average Bonchev–Trinajstić information content (AvgIpc) is 2.71. The van der Waals surface area contributed by atoms with Gasteiger partial charge in [0.25, 0.3) is 0 Å². The molecule has 0 fully saturated rings.